The van der Waals surface area contributed by atoms with E-state index in [4.69, 9.17) is 9.57 Å². The van der Waals surface area contributed by atoms with E-state index in [0.717, 1.165) is 22.3 Å². The molecule has 1 amide bonds. The minimum Gasteiger partial charge on any atom is -0.507 e. The summed E-state index contributed by atoms with van der Waals surface area (Å²) in [6.45, 7) is 18.6. The minimum absolute atomic E-state index is 0.203. The molecule has 2 atom stereocenters. The molecule has 7 heteroatoms. The van der Waals surface area contributed by atoms with Gasteiger partial charge in [0.2, 0.25) is 5.91 Å². The average Bonchev–Trinajstić information content (AvgIpc) is 2.83. The monoisotopic (exact) mass is 540 g/mol. The molecule has 0 saturated heterocycles. The van der Waals surface area contributed by atoms with Crippen molar-refractivity contribution in [2.75, 3.05) is 6.61 Å². The van der Waals surface area contributed by atoms with Gasteiger partial charge in [0, 0.05) is 6.42 Å². The van der Waals surface area contributed by atoms with Crippen molar-refractivity contribution in [1.29, 1.82) is 0 Å². The number of amides is 1. The molecule has 0 bridgehead atoms. The number of esters is 1. The van der Waals surface area contributed by atoms with Gasteiger partial charge in [0.15, 0.2) is 0 Å². The molecule has 0 aromatic heterocycles. The maximum Gasteiger partial charge on any atom is 0.328 e. The fourth-order valence-electron chi connectivity index (χ4n) is 4.38. The molecule has 0 aliphatic rings. The van der Waals surface area contributed by atoms with Crippen LogP contribution in [0.25, 0.3) is 0 Å². The van der Waals surface area contributed by atoms with E-state index in [0.29, 0.717) is 13.0 Å². The molecule has 0 fully saturated rings. The zero-order valence-electron chi connectivity index (χ0n) is 25.2. The fourth-order valence-corrected chi connectivity index (χ4v) is 4.38. The second-order valence-corrected chi connectivity index (χ2v) is 12.6. The molecule has 2 aromatic carbocycles. The van der Waals surface area contributed by atoms with Crippen LogP contribution >= 0.6 is 0 Å². The quantitative estimate of drug-likeness (QED) is 0.236. The van der Waals surface area contributed by atoms with Gasteiger partial charge in [-0.25, -0.2) is 4.79 Å². The van der Waals surface area contributed by atoms with Crippen molar-refractivity contribution in [2.24, 2.45) is 5.92 Å². The van der Waals surface area contributed by atoms with Crippen molar-refractivity contribution >= 4 is 11.9 Å². The Labute approximate surface area is 234 Å². The average molecular weight is 541 g/mol. The molecular formula is C32H48N2O5. The highest BCUT2D eigenvalue weighted by Crippen LogP contribution is 2.40. The van der Waals surface area contributed by atoms with Crippen LogP contribution in [0.3, 0.4) is 0 Å². The third-order valence-corrected chi connectivity index (χ3v) is 6.44. The first kappa shape index (κ1) is 32.3. The summed E-state index contributed by atoms with van der Waals surface area (Å²) in [6.07, 6.45) is 0.758. The SMILES string of the molecule is CCOC(=O)[C@H](Cc1cc(C(C)(C)C)c(O)c(C(C)(C)C)c1)NC(=O)[C@H](CC(C)C)NOCc1ccccc1. The Kier molecular flexibility index (Phi) is 11.6. The van der Waals surface area contributed by atoms with Gasteiger partial charge in [-0.2, -0.15) is 5.48 Å². The maximum atomic E-state index is 13.4. The van der Waals surface area contributed by atoms with Crippen LogP contribution in [0.15, 0.2) is 42.5 Å². The van der Waals surface area contributed by atoms with E-state index in [1.54, 1.807) is 6.92 Å². The molecule has 7 nitrogen and oxygen atoms in total. The van der Waals surface area contributed by atoms with Crippen LogP contribution in [0.2, 0.25) is 0 Å². The maximum absolute atomic E-state index is 13.4. The normalized spacial score (nSPS) is 13.7. The van der Waals surface area contributed by atoms with Crippen molar-refractivity contribution in [1.82, 2.24) is 10.8 Å². The highest BCUT2D eigenvalue weighted by atomic mass is 16.6. The summed E-state index contributed by atoms with van der Waals surface area (Å²) < 4.78 is 5.34. The number of aromatic hydroxyl groups is 1. The third kappa shape index (κ3) is 9.97. The van der Waals surface area contributed by atoms with Gasteiger partial charge in [-0.05, 0) is 52.3 Å². The van der Waals surface area contributed by atoms with Gasteiger partial charge in [0.25, 0.3) is 0 Å². The number of phenols is 1. The zero-order valence-corrected chi connectivity index (χ0v) is 25.2. The first-order chi connectivity index (χ1) is 18.1. The van der Waals surface area contributed by atoms with Crippen LogP contribution < -0.4 is 10.8 Å². The Bertz CT molecular complexity index is 1050. The van der Waals surface area contributed by atoms with E-state index < -0.39 is 18.1 Å². The van der Waals surface area contributed by atoms with Gasteiger partial charge in [-0.3, -0.25) is 9.63 Å². The molecule has 0 unspecified atom stereocenters. The van der Waals surface area contributed by atoms with E-state index in [1.807, 2.05) is 97.9 Å². The largest absolute Gasteiger partial charge is 0.507 e. The predicted molar refractivity (Wildman–Crippen MR) is 155 cm³/mol. The highest BCUT2D eigenvalue weighted by Gasteiger charge is 2.31. The number of hydroxylamine groups is 1. The molecule has 0 heterocycles. The number of ether oxygens (including phenoxy) is 1. The predicted octanol–water partition coefficient (Wildman–Crippen LogP) is 5.71. The third-order valence-electron chi connectivity index (χ3n) is 6.44. The van der Waals surface area contributed by atoms with Crippen LogP contribution in [-0.2, 0) is 43.0 Å². The Balaban J connectivity index is 2.32. The van der Waals surface area contributed by atoms with E-state index in [2.05, 4.69) is 10.8 Å². The van der Waals surface area contributed by atoms with Crippen molar-refractivity contribution in [3.8, 4) is 5.75 Å². The van der Waals surface area contributed by atoms with Gasteiger partial charge in [0.05, 0.1) is 13.2 Å². The van der Waals surface area contributed by atoms with Gasteiger partial charge in [0.1, 0.15) is 17.8 Å². The lowest BCUT2D eigenvalue weighted by atomic mass is 9.78. The van der Waals surface area contributed by atoms with E-state index in [-0.39, 0.29) is 41.4 Å². The lowest BCUT2D eigenvalue weighted by molar-refractivity contribution is -0.148. The second kappa shape index (κ2) is 13.9. The second-order valence-electron chi connectivity index (χ2n) is 12.6. The topological polar surface area (TPSA) is 96.9 Å². The summed E-state index contributed by atoms with van der Waals surface area (Å²) >= 11 is 0. The van der Waals surface area contributed by atoms with Crippen LogP contribution in [-0.4, -0.2) is 35.7 Å². The van der Waals surface area contributed by atoms with Crippen LogP contribution in [0.5, 0.6) is 5.75 Å². The summed E-state index contributed by atoms with van der Waals surface area (Å²) in [5, 5.41) is 14.0. The van der Waals surface area contributed by atoms with Gasteiger partial charge >= 0.3 is 5.97 Å². The smallest absolute Gasteiger partial charge is 0.328 e. The Morgan fingerprint density at radius 2 is 1.46 bits per heavy atom. The van der Waals surface area contributed by atoms with Crippen LogP contribution in [0, 0.1) is 5.92 Å². The number of nitrogens with one attached hydrogen (secondary N) is 2. The number of rotatable bonds is 12. The molecule has 39 heavy (non-hydrogen) atoms. The van der Waals surface area contributed by atoms with Crippen molar-refractivity contribution in [2.45, 2.75) is 105 Å². The first-order valence-electron chi connectivity index (χ1n) is 13.9. The number of hydrogen-bond donors (Lipinski definition) is 3. The van der Waals surface area contributed by atoms with E-state index in [1.165, 1.54) is 0 Å². The molecule has 216 valence electrons. The van der Waals surface area contributed by atoms with Gasteiger partial charge in [-0.1, -0.05) is 97.9 Å². The molecule has 0 radical (unpaired) electrons. The number of carbonyl (C=O) groups excluding carboxylic acids is 2. The van der Waals surface area contributed by atoms with Crippen LogP contribution in [0.1, 0.15) is 91.0 Å². The van der Waals surface area contributed by atoms with Crippen molar-refractivity contribution in [3.63, 3.8) is 0 Å². The number of hydrogen-bond acceptors (Lipinski definition) is 6. The van der Waals surface area contributed by atoms with Crippen molar-refractivity contribution < 1.29 is 24.3 Å². The number of benzene rings is 2. The molecule has 0 aliphatic heterocycles. The van der Waals surface area contributed by atoms with Crippen LogP contribution in [0.4, 0.5) is 0 Å². The molecule has 3 N–H and O–H groups in total. The number of carbonyl (C=O) groups is 2. The van der Waals surface area contributed by atoms with Gasteiger partial charge < -0.3 is 15.2 Å². The first-order valence-corrected chi connectivity index (χ1v) is 13.9. The summed E-state index contributed by atoms with van der Waals surface area (Å²) in [5.74, 6) is -0.342. The number of phenolic OH excluding ortho intramolecular Hbond substituents is 1. The Morgan fingerprint density at radius 1 is 0.897 bits per heavy atom. The fraction of sp³-hybridized carbons (Fsp3) is 0.562. The molecule has 0 aliphatic carbocycles. The Hall–Kier alpha value is -2.90. The summed E-state index contributed by atoms with van der Waals surface area (Å²) in [4.78, 5) is 32.1. The molecule has 0 saturated carbocycles. The summed E-state index contributed by atoms with van der Waals surface area (Å²) in [5.41, 5.74) is 5.70. The Morgan fingerprint density at radius 3 is 1.95 bits per heavy atom. The van der Waals surface area contributed by atoms with E-state index >= 15 is 0 Å². The van der Waals surface area contributed by atoms with Crippen molar-refractivity contribution in [3.05, 3.63) is 64.7 Å². The van der Waals surface area contributed by atoms with E-state index in [9.17, 15) is 14.7 Å². The lowest BCUT2D eigenvalue weighted by Gasteiger charge is -2.29. The lowest BCUT2D eigenvalue weighted by Crippen LogP contribution is -2.51. The zero-order chi connectivity index (χ0) is 29.4. The minimum atomic E-state index is -0.895. The molecule has 0 spiro atoms. The summed E-state index contributed by atoms with van der Waals surface area (Å²) in [7, 11) is 0. The molecule has 2 aromatic rings. The molecule has 2 rings (SSSR count). The standard InChI is InChI=1S/C32H48N2O5/c1-10-38-30(37)27(19-23-17-24(31(4,5)6)28(35)25(18-23)32(7,8)9)33-29(36)26(16-21(2)3)34-39-20-22-14-12-11-13-15-22/h11-15,17-18,21,26-27,34-35H,10,16,19-20H2,1-9H3,(H,33,36)/t26-,27-/m0/s1. The molecular weight excluding hydrogens is 492 g/mol. The summed E-state index contributed by atoms with van der Waals surface area (Å²) in [6, 6.07) is 12.0. The van der Waals surface area contributed by atoms with Gasteiger partial charge in [-0.15, -0.1) is 0 Å². The highest BCUT2D eigenvalue weighted by molar-refractivity contribution is 5.87.